The zero-order valence-electron chi connectivity index (χ0n) is 10.1. The molecule has 17 heavy (non-hydrogen) atoms. The third-order valence-corrected chi connectivity index (χ3v) is 3.40. The molecule has 1 saturated carbocycles. The lowest BCUT2D eigenvalue weighted by molar-refractivity contribution is -0.141. The number of carboxylic acid groups (broad SMARTS) is 1. The first-order valence-corrected chi connectivity index (χ1v) is 6.08. The predicted molar refractivity (Wildman–Crippen MR) is 66.8 cm³/mol. The molecule has 0 amide bonds. The minimum Gasteiger partial charge on any atom is -0.481 e. The Balaban J connectivity index is 2.03. The molecule has 0 aliphatic heterocycles. The van der Waals surface area contributed by atoms with Crippen LogP contribution in [0.2, 0.25) is 0 Å². The molecule has 1 aromatic rings. The summed E-state index contributed by atoms with van der Waals surface area (Å²) in [6.07, 6.45) is 3.69. The zero-order chi connectivity index (χ0) is 12.5. The fraction of sp³-hybridized carbons (Fsp3) is 0.500. The number of hydrogen-bond acceptors (Lipinski definition) is 2. The molecule has 1 aliphatic rings. The summed E-state index contributed by atoms with van der Waals surface area (Å²) in [7, 11) is 0. The third-order valence-electron chi connectivity index (χ3n) is 3.40. The van der Waals surface area contributed by atoms with E-state index in [2.05, 4.69) is 12.1 Å². The number of aliphatic carboxylic acids is 1. The van der Waals surface area contributed by atoms with Gasteiger partial charge in [-0.1, -0.05) is 31.2 Å². The van der Waals surface area contributed by atoms with Gasteiger partial charge >= 0.3 is 5.97 Å². The minimum atomic E-state index is -0.743. The van der Waals surface area contributed by atoms with Crippen LogP contribution >= 0.6 is 0 Å². The number of carbonyl (C=O) groups is 1. The van der Waals surface area contributed by atoms with Gasteiger partial charge in [-0.05, 0) is 36.8 Å². The highest BCUT2D eigenvalue weighted by Gasteiger charge is 2.37. The van der Waals surface area contributed by atoms with Gasteiger partial charge in [-0.25, -0.2) is 0 Å². The number of nitrogens with two attached hydrogens (primary N) is 1. The quantitative estimate of drug-likeness (QED) is 0.817. The molecule has 0 bridgehead atoms. The lowest BCUT2D eigenvalue weighted by Gasteiger charge is -2.11. The lowest BCUT2D eigenvalue weighted by Crippen LogP contribution is -2.24. The van der Waals surface area contributed by atoms with Gasteiger partial charge in [-0.3, -0.25) is 4.79 Å². The van der Waals surface area contributed by atoms with E-state index < -0.39 is 5.97 Å². The summed E-state index contributed by atoms with van der Waals surface area (Å²) >= 11 is 0. The molecule has 1 aliphatic carbocycles. The van der Waals surface area contributed by atoms with Gasteiger partial charge in [0.2, 0.25) is 0 Å². The summed E-state index contributed by atoms with van der Waals surface area (Å²) < 4.78 is 0. The zero-order valence-corrected chi connectivity index (χ0v) is 10.1. The number of rotatable bonds is 5. The van der Waals surface area contributed by atoms with Crippen molar-refractivity contribution >= 4 is 5.97 Å². The van der Waals surface area contributed by atoms with Crippen molar-refractivity contribution in [1.82, 2.24) is 0 Å². The van der Waals surface area contributed by atoms with Crippen LogP contribution in [0.5, 0.6) is 0 Å². The first-order valence-electron chi connectivity index (χ1n) is 6.08. The van der Waals surface area contributed by atoms with Gasteiger partial charge in [0.15, 0.2) is 0 Å². The van der Waals surface area contributed by atoms with E-state index in [0.717, 1.165) is 24.8 Å². The van der Waals surface area contributed by atoms with E-state index in [1.54, 1.807) is 6.92 Å². The molecule has 0 heterocycles. The van der Waals surface area contributed by atoms with Crippen molar-refractivity contribution in [3.63, 3.8) is 0 Å². The topological polar surface area (TPSA) is 63.3 Å². The van der Waals surface area contributed by atoms with Gasteiger partial charge in [0.05, 0.1) is 5.92 Å². The van der Waals surface area contributed by atoms with Gasteiger partial charge in [0.25, 0.3) is 0 Å². The summed E-state index contributed by atoms with van der Waals surface area (Å²) in [6, 6.07) is 8.14. The predicted octanol–water partition coefficient (Wildman–Crippen LogP) is 1.98. The Hall–Kier alpha value is -1.35. The monoisotopic (exact) mass is 233 g/mol. The maximum atomic E-state index is 10.8. The van der Waals surface area contributed by atoms with Gasteiger partial charge in [0.1, 0.15) is 0 Å². The highest BCUT2D eigenvalue weighted by atomic mass is 16.4. The number of hydrogen-bond donors (Lipinski definition) is 2. The molecule has 0 aromatic heterocycles. The van der Waals surface area contributed by atoms with E-state index in [1.165, 1.54) is 5.56 Å². The molecule has 2 rings (SSSR count). The fourth-order valence-electron chi connectivity index (χ4n) is 2.05. The molecule has 1 fully saturated rings. The average Bonchev–Trinajstić information content (AvgIpc) is 2.96. The highest BCUT2D eigenvalue weighted by molar-refractivity contribution is 5.69. The molecule has 1 atom stereocenters. The summed E-state index contributed by atoms with van der Waals surface area (Å²) in [5, 5.41) is 8.89. The van der Waals surface area contributed by atoms with Gasteiger partial charge in [-0.2, -0.15) is 0 Å². The minimum absolute atomic E-state index is 0.0109. The molecule has 1 aromatic carbocycles. The highest BCUT2D eigenvalue weighted by Crippen LogP contribution is 2.35. The Kier molecular flexibility index (Phi) is 3.20. The molecule has 3 nitrogen and oxygen atoms in total. The standard InChI is InChI=1S/C14H19NO2/c1-10(13(16)17)7-11-3-2-4-12(8-11)9-14(15)5-6-14/h2-4,8,10H,5-7,9,15H2,1H3,(H,16,17). The number of benzene rings is 1. The fourth-order valence-corrected chi connectivity index (χ4v) is 2.05. The van der Waals surface area contributed by atoms with E-state index in [-0.39, 0.29) is 11.5 Å². The molecular weight excluding hydrogens is 214 g/mol. The maximum absolute atomic E-state index is 10.8. The molecule has 92 valence electrons. The number of carboxylic acids is 1. The van der Waals surface area contributed by atoms with Crippen LogP contribution in [0.4, 0.5) is 0 Å². The second-order valence-electron chi connectivity index (χ2n) is 5.30. The van der Waals surface area contributed by atoms with Crippen molar-refractivity contribution in [2.75, 3.05) is 0 Å². The molecule has 0 spiro atoms. The second-order valence-corrected chi connectivity index (χ2v) is 5.30. The summed E-state index contributed by atoms with van der Waals surface area (Å²) in [5.41, 5.74) is 8.40. The van der Waals surface area contributed by atoms with Crippen LogP contribution in [0, 0.1) is 5.92 Å². The van der Waals surface area contributed by atoms with Crippen LogP contribution in [-0.2, 0) is 17.6 Å². The Morgan fingerprint density at radius 2 is 2.12 bits per heavy atom. The Labute approximate surface area is 102 Å². The summed E-state index contributed by atoms with van der Waals surface area (Å²) in [4.78, 5) is 10.8. The van der Waals surface area contributed by atoms with Crippen molar-refractivity contribution in [1.29, 1.82) is 0 Å². The maximum Gasteiger partial charge on any atom is 0.306 e. The van der Waals surface area contributed by atoms with Crippen molar-refractivity contribution in [2.45, 2.75) is 38.1 Å². The molecule has 1 unspecified atom stereocenters. The van der Waals surface area contributed by atoms with E-state index in [0.29, 0.717) is 6.42 Å². The van der Waals surface area contributed by atoms with Crippen LogP contribution < -0.4 is 5.73 Å². The molecular formula is C14H19NO2. The SMILES string of the molecule is CC(Cc1cccc(CC2(N)CC2)c1)C(=O)O. The molecule has 3 heteroatoms. The van der Waals surface area contributed by atoms with E-state index in [4.69, 9.17) is 10.8 Å². The Bertz CT molecular complexity index is 424. The molecule has 3 N–H and O–H groups in total. The van der Waals surface area contributed by atoms with Gasteiger partial charge < -0.3 is 10.8 Å². The van der Waals surface area contributed by atoms with Gasteiger partial charge in [-0.15, -0.1) is 0 Å². The van der Waals surface area contributed by atoms with Crippen LogP contribution in [-0.4, -0.2) is 16.6 Å². The van der Waals surface area contributed by atoms with Crippen molar-refractivity contribution in [2.24, 2.45) is 11.7 Å². The summed E-state index contributed by atoms with van der Waals surface area (Å²) in [6.45, 7) is 1.74. The van der Waals surface area contributed by atoms with Crippen LogP contribution in [0.1, 0.15) is 30.9 Å². The normalized spacial score (nSPS) is 18.7. The van der Waals surface area contributed by atoms with Crippen LogP contribution in [0.3, 0.4) is 0 Å². The second kappa shape index (κ2) is 4.49. The third kappa shape index (κ3) is 3.30. The van der Waals surface area contributed by atoms with E-state index >= 15 is 0 Å². The van der Waals surface area contributed by atoms with E-state index in [1.807, 2.05) is 12.1 Å². The van der Waals surface area contributed by atoms with Crippen molar-refractivity contribution < 1.29 is 9.90 Å². The lowest BCUT2D eigenvalue weighted by atomic mass is 9.97. The Morgan fingerprint density at radius 3 is 2.71 bits per heavy atom. The Morgan fingerprint density at radius 1 is 1.47 bits per heavy atom. The van der Waals surface area contributed by atoms with Crippen LogP contribution in [0.25, 0.3) is 0 Å². The first-order chi connectivity index (χ1) is 7.98. The summed E-state index contributed by atoms with van der Waals surface area (Å²) in [5.74, 6) is -1.08. The van der Waals surface area contributed by atoms with Crippen LogP contribution in [0.15, 0.2) is 24.3 Å². The van der Waals surface area contributed by atoms with Gasteiger partial charge in [0, 0.05) is 5.54 Å². The molecule has 0 saturated heterocycles. The van der Waals surface area contributed by atoms with Crippen molar-refractivity contribution in [3.8, 4) is 0 Å². The first kappa shape index (κ1) is 12.1. The van der Waals surface area contributed by atoms with Crippen molar-refractivity contribution in [3.05, 3.63) is 35.4 Å². The smallest absolute Gasteiger partial charge is 0.306 e. The average molecular weight is 233 g/mol. The van der Waals surface area contributed by atoms with E-state index in [9.17, 15) is 4.79 Å². The largest absolute Gasteiger partial charge is 0.481 e. The molecule has 0 radical (unpaired) electrons.